The first-order valence-corrected chi connectivity index (χ1v) is 10.1. The molecule has 9 nitrogen and oxygen atoms in total. The van der Waals surface area contributed by atoms with Gasteiger partial charge in [0.25, 0.3) is 0 Å². The molecule has 0 bridgehead atoms. The van der Waals surface area contributed by atoms with Crippen LogP contribution in [0.2, 0.25) is 0 Å². The standard InChI is InChI=1S/C24H22N2O7/c1-2-33-24(30)16-3-8-18(9-4-16)25-20(15-5-10-19(27)11-6-15)14-23(29)17-7-12-22(28)21(13-17)26(31)32/h3-13,20,25,27-28H,2,14H2,1H3. The van der Waals surface area contributed by atoms with E-state index in [1.54, 1.807) is 43.3 Å². The third-order valence-corrected chi connectivity index (χ3v) is 4.92. The summed E-state index contributed by atoms with van der Waals surface area (Å²) in [7, 11) is 0. The monoisotopic (exact) mass is 450 g/mol. The maximum atomic E-state index is 12.9. The highest BCUT2D eigenvalue weighted by atomic mass is 16.6. The lowest BCUT2D eigenvalue weighted by Crippen LogP contribution is -2.16. The van der Waals surface area contributed by atoms with Gasteiger partial charge in [0.15, 0.2) is 11.5 Å². The molecule has 0 spiro atoms. The number of nitro groups is 1. The van der Waals surface area contributed by atoms with E-state index in [9.17, 15) is 29.9 Å². The Morgan fingerprint density at radius 2 is 1.64 bits per heavy atom. The molecule has 170 valence electrons. The molecule has 3 N–H and O–H groups in total. The first-order chi connectivity index (χ1) is 15.8. The number of hydrogen-bond donors (Lipinski definition) is 3. The van der Waals surface area contributed by atoms with Gasteiger partial charge in [-0.15, -0.1) is 0 Å². The minimum Gasteiger partial charge on any atom is -0.508 e. The lowest BCUT2D eigenvalue weighted by molar-refractivity contribution is -0.385. The second-order valence-electron chi connectivity index (χ2n) is 7.17. The Hall–Kier alpha value is -4.40. The van der Waals surface area contributed by atoms with Gasteiger partial charge in [0.05, 0.1) is 23.1 Å². The van der Waals surface area contributed by atoms with Crippen LogP contribution in [0.5, 0.6) is 11.5 Å². The molecule has 0 amide bonds. The van der Waals surface area contributed by atoms with E-state index < -0.39 is 28.4 Å². The molecule has 0 aromatic heterocycles. The van der Waals surface area contributed by atoms with Crippen molar-refractivity contribution in [3.05, 3.63) is 93.5 Å². The number of benzene rings is 3. The van der Waals surface area contributed by atoms with Gasteiger partial charge >= 0.3 is 11.7 Å². The zero-order valence-electron chi connectivity index (χ0n) is 17.7. The van der Waals surface area contributed by atoms with Crippen molar-refractivity contribution in [2.24, 2.45) is 0 Å². The van der Waals surface area contributed by atoms with Gasteiger partial charge in [-0.05, 0) is 61.0 Å². The Balaban J connectivity index is 1.85. The molecule has 3 aromatic carbocycles. The summed E-state index contributed by atoms with van der Waals surface area (Å²) in [6.07, 6.45) is -0.0632. The minimum atomic E-state index is -0.757. The summed E-state index contributed by atoms with van der Waals surface area (Å²) in [6, 6.07) is 15.8. The van der Waals surface area contributed by atoms with Crippen LogP contribution in [0.25, 0.3) is 0 Å². The Morgan fingerprint density at radius 1 is 1.00 bits per heavy atom. The molecule has 0 saturated heterocycles. The fourth-order valence-corrected chi connectivity index (χ4v) is 3.22. The normalized spacial score (nSPS) is 11.4. The lowest BCUT2D eigenvalue weighted by Gasteiger charge is -2.20. The van der Waals surface area contributed by atoms with E-state index in [1.165, 1.54) is 18.2 Å². The van der Waals surface area contributed by atoms with Crippen molar-refractivity contribution >= 4 is 23.1 Å². The largest absolute Gasteiger partial charge is 0.508 e. The number of aromatic hydroxyl groups is 2. The molecule has 0 radical (unpaired) electrons. The molecule has 3 rings (SSSR count). The van der Waals surface area contributed by atoms with Gasteiger partial charge in [-0.3, -0.25) is 14.9 Å². The Labute approximate surface area is 189 Å². The van der Waals surface area contributed by atoms with Crippen LogP contribution in [0.4, 0.5) is 11.4 Å². The summed E-state index contributed by atoms with van der Waals surface area (Å²) in [6.45, 7) is 1.98. The number of phenols is 2. The number of carbonyl (C=O) groups is 2. The van der Waals surface area contributed by atoms with E-state index in [-0.39, 0.29) is 30.1 Å². The van der Waals surface area contributed by atoms with Crippen LogP contribution in [0, 0.1) is 10.1 Å². The average molecular weight is 450 g/mol. The van der Waals surface area contributed by atoms with Gasteiger partial charge in [0, 0.05) is 23.7 Å². The number of anilines is 1. The topological polar surface area (TPSA) is 139 Å². The fourth-order valence-electron chi connectivity index (χ4n) is 3.22. The molecule has 0 aliphatic rings. The van der Waals surface area contributed by atoms with Crippen molar-refractivity contribution in [2.45, 2.75) is 19.4 Å². The van der Waals surface area contributed by atoms with Crippen molar-refractivity contribution in [3.63, 3.8) is 0 Å². The third kappa shape index (κ3) is 5.85. The first kappa shape index (κ1) is 23.3. The number of nitrogens with zero attached hydrogens (tertiary/aromatic N) is 1. The highest BCUT2D eigenvalue weighted by Crippen LogP contribution is 2.30. The third-order valence-electron chi connectivity index (χ3n) is 4.92. The maximum absolute atomic E-state index is 12.9. The van der Waals surface area contributed by atoms with Gasteiger partial charge in [-0.1, -0.05) is 12.1 Å². The summed E-state index contributed by atoms with van der Waals surface area (Å²) in [5.41, 5.74) is 1.25. The van der Waals surface area contributed by atoms with Crippen molar-refractivity contribution in [3.8, 4) is 11.5 Å². The summed E-state index contributed by atoms with van der Waals surface area (Å²) < 4.78 is 4.97. The molecule has 9 heteroatoms. The molecule has 0 heterocycles. The number of Topliss-reactive ketones (excluding diaryl/α,β-unsaturated/α-hetero) is 1. The van der Waals surface area contributed by atoms with E-state index in [1.807, 2.05) is 0 Å². The molecule has 0 aliphatic heterocycles. The van der Waals surface area contributed by atoms with Crippen LogP contribution in [0.3, 0.4) is 0 Å². The summed E-state index contributed by atoms with van der Waals surface area (Å²) >= 11 is 0. The molecule has 0 aliphatic carbocycles. The fraction of sp³-hybridized carbons (Fsp3) is 0.167. The number of ether oxygens (including phenoxy) is 1. The number of hydrogen-bond acceptors (Lipinski definition) is 8. The Morgan fingerprint density at radius 3 is 2.24 bits per heavy atom. The molecular formula is C24H22N2O7. The first-order valence-electron chi connectivity index (χ1n) is 10.1. The molecule has 33 heavy (non-hydrogen) atoms. The van der Waals surface area contributed by atoms with Crippen LogP contribution in [0.1, 0.15) is 45.7 Å². The number of nitro benzene ring substituents is 1. The summed E-state index contributed by atoms with van der Waals surface area (Å²) in [4.78, 5) is 35.1. The van der Waals surface area contributed by atoms with E-state index in [0.29, 0.717) is 16.8 Å². The predicted octanol–water partition coefficient (Wildman–Crippen LogP) is 4.61. The van der Waals surface area contributed by atoms with Crippen LogP contribution in [0.15, 0.2) is 66.7 Å². The van der Waals surface area contributed by atoms with Crippen LogP contribution >= 0.6 is 0 Å². The number of rotatable bonds is 9. The lowest BCUT2D eigenvalue weighted by atomic mass is 9.97. The van der Waals surface area contributed by atoms with Gasteiger partial charge in [-0.25, -0.2) is 4.79 Å². The highest BCUT2D eigenvalue weighted by Gasteiger charge is 2.21. The average Bonchev–Trinajstić information content (AvgIpc) is 2.80. The van der Waals surface area contributed by atoms with E-state index in [2.05, 4.69) is 5.32 Å². The van der Waals surface area contributed by atoms with Gasteiger partial charge in [0.1, 0.15) is 5.75 Å². The minimum absolute atomic E-state index is 0.0632. The number of esters is 1. The van der Waals surface area contributed by atoms with Crippen LogP contribution in [-0.2, 0) is 4.74 Å². The second-order valence-corrected chi connectivity index (χ2v) is 7.17. The number of nitrogens with one attached hydrogen (secondary N) is 1. The van der Waals surface area contributed by atoms with Crippen LogP contribution in [-0.4, -0.2) is 33.5 Å². The second kappa shape index (κ2) is 10.3. The van der Waals surface area contributed by atoms with Gasteiger partial charge < -0.3 is 20.3 Å². The Kier molecular flexibility index (Phi) is 7.24. The summed E-state index contributed by atoms with van der Waals surface area (Å²) in [5.74, 6) is -1.28. The van der Waals surface area contributed by atoms with Crippen molar-refractivity contribution in [2.75, 3.05) is 11.9 Å². The van der Waals surface area contributed by atoms with E-state index in [4.69, 9.17) is 4.74 Å². The van der Waals surface area contributed by atoms with Gasteiger partial charge in [0.2, 0.25) is 0 Å². The highest BCUT2D eigenvalue weighted by molar-refractivity contribution is 5.97. The predicted molar refractivity (Wildman–Crippen MR) is 121 cm³/mol. The molecule has 1 unspecified atom stereocenters. The molecular weight excluding hydrogens is 428 g/mol. The van der Waals surface area contributed by atoms with Gasteiger partial charge in [-0.2, -0.15) is 0 Å². The molecule has 1 atom stereocenters. The zero-order chi connectivity index (χ0) is 24.0. The SMILES string of the molecule is CCOC(=O)c1ccc(NC(CC(=O)c2ccc(O)c([N+](=O)[O-])c2)c2ccc(O)cc2)cc1. The van der Waals surface area contributed by atoms with Crippen LogP contribution < -0.4 is 5.32 Å². The zero-order valence-corrected chi connectivity index (χ0v) is 17.7. The maximum Gasteiger partial charge on any atom is 0.338 e. The Bertz CT molecular complexity index is 1160. The molecule has 0 saturated carbocycles. The van der Waals surface area contributed by atoms with Crippen molar-refractivity contribution in [1.82, 2.24) is 0 Å². The number of ketones is 1. The van der Waals surface area contributed by atoms with E-state index >= 15 is 0 Å². The van der Waals surface area contributed by atoms with Crippen molar-refractivity contribution < 1.29 is 29.5 Å². The summed E-state index contributed by atoms with van der Waals surface area (Å²) in [5, 5.41) is 33.6. The number of carbonyl (C=O) groups excluding carboxylic acids is 2. The number of phenolic OH excluding ortho intramolecular Hbond substituents is 2. The molecule has 3 aromatic rings. The smallest absolute Gasteiger partial charge is 0.338 e. The molecule has 0 fully saturated rings. The van der Waals surface area contributed by atoms with E-state index in [0.717, 1.165) is 12.1 Å². The van der Waals surface area contributed by atoms with Crippen molar-refractivity contribution in [1.29, 1.82) is 0 Å². The quantitative estimate of drug-likeness (QED) is 0.186.